The van der Waals surface area contributed by atoms with Crippen molar-refractivity contribution in [3.05, 3.63) is 22.7 Å². The molecule has 0 saturated heterocycles. The third kappa shape index (κ3) is 1.73. The molecule has 2 aromatic heterocycles. The number of hydrogen-bond donors (Lipinski definition) is 0. The van der Waals surface area contributed by atoms with Crippen LogP contribution in [0.4, 0.5) is 0 Å². The summed E-state index contributed by atoms with van der Waals surface area (Å²) in [6.07, 6.45) is 7.28. The van der Waals surface area contributed by atoms with Crippen LogP contribution in [0.15, 0.2) is 17.2 Å². The molecule has 2 aromatic rings. The second-order valence-corrected chi connectivity index (χ2v) is 4.47. The molecule has 0 N–H and O–H groups in total. The van der Waals surface area contributed by atoms with Crippen LogP contribution < -0.4 is 10.3 Å². The summed E-state index contributed by atoms with van der Waals surface area (Å²) in [6, 6.07) is 0.490. The zero-order valence-corrected chi connectivity index (χ0v) is 10.2. The van der Waals surface area contributed by atoms with Gasteiger partial charge in [-0.3, -0.25) is 9.36 Å². The Hall–Kier alpha value is -1.98. The van der Waals surface area contributed by atoms with Crippen LogP contribution in [0, 0.1) is 0 Å². The lowest BCUT2D eigenvalue weighted by atomic mass is 10.2. The lowest BCUT2D eigenvalue weighted by molar-refractivity contribution is 0.380. The van der Waals surface area contributed by atoms with Crippen molar-refractivity contribution in [2.45, 2.75) is 31.7 Å². The minimum atomic E-state index is -0.102. The van der Waals surface area contributed by atoms with Gasteiger partial charge in [0.15, 0.2) is 5.65 Å². The van der Waals surface area contributed by atoms with E-state index in [1.54, 1.807) is 10.8 Å². The maximum atomic E-state index is 12.0. The third-order valence-electron chi connectivity index (χ3n) is 3.38. The largest absolute Gasteiger partial charge is 0.467 e. The molecule has 0 amide bonds. The predicted octanol–water partition coefficient (Wildman–Crippen LogP) is 1.31. The molecule has 3 rings (SSSR count). The van der Waals surface area contributed by atoms with Crippen LogP contribution in [-0.2, 0) is 0 Å². The standard InChI is InChI=1S/C12H14N4O2/c1-18-12-14-6-9-11(15-12)16(10(17)7-13-9)8-4-2-3-5-8/h6-8H,2-5H2,1H3. The van der Waals surface area contributed by atoms with Gasteiger partial charge in [0.05, 0.1) is 19.5 Å². The number of ether oxygens (including phenoxy) is 1. The van der Waals surface area contributed by atoms with Crippen molar-refractivity contribution in [3.8, 4) is 6.01 Å². The second-order valence-electron chi connectivity index (χ2n) is 4.47. The van der Waals surface area contributed by atoms with E-state index < -0.39 is 0 Å². The summed E-state index contributed by atoms with van der Waals surface area (Å²) in [7, 11) is 1.51. The monoisotopic (exact) mass is 246 g/mol. The van der Waals surface area contributed by atoms with Gasteiger partial charge in [-0.15, -0.1) is 0 Å². The fourth-order valence-electron chi connectivity index (χ4n) is 2.52. The Kier molecular flexibility index (Phi) is 2.70. The molecule has 0 spiro atoms. The maximum Gasteiger partial charge on any atom is 0.318 e. The van der Waals surface area contributed by atoms with Crippen LogP contribution >= 0.6 is 0 Å². The van der Waals surface area contributed by atoms with Gasteiger partial charge in [0.25, 0.3) is 5.56 Å². The summed E-state index contributed by atoms with van der Waals surface area (Å²) in [5.41, 5.74) is 1.10. The first-order valence-electron chi connectivity index (χ1n) is 6.08. The molecule has 0 bridgehead atoms. The van der Waals surface area contributed by atoms with Crippen molar-refractivity contribution in [2.24, 2.45) is 0 Å². The highest BCUT2D eigenvalue weighted by atomic mass is 16.5. The molecule has 0 aliphatic heterocycles. The summed E-state index contributed by atoms with van der Waals surface area (Å²) in [4.78, 5) is 24.4. The first-order chi connectivity index (χ1) is 8.79. The zero-order valence-electron chi connectivity index (χ0n) is 10.2. The Morgan fingerprint density at radius 1 is 1.28 bits per heavy atom. The average molecular weight is 246 g/mol. The fraction of sp³-hybridized carbons (Fsp3) is 0.500. The summed E-state index contributed by atoms with van der Waals surface area (Å²) in [5, 5.41) is 0. The number of rotatable bonds is 2. The van der Waals surface area contributed by atoms with Gasteiger partial charge in [-0.1, -0.05) is 12.8 Å². The Morgan fingerprint density at radius 3 is 2.78 bits per heavy atom. The Morgan fingerprint density at radius 2 is 2.06 bits per heavy atom. The van der Waals surface area contributed by atoms with Crippen molar-refractivity contribution in [1.82, 2.24) is 19.5 Å². The van der Waals surface area contributed by atoms with Gasteiger partial charge in [-0.25, -0.2) is 9.97 Å². The van der Waals surface area contributed by atoms with Gasteiger partial charge in [0.1, 0.15) is 5.52 Å². The molecule has 0 unspecified atom stereocenters. The van der Waals surface area contributed by atoms with E-state index in [9.17, 15) is 4.79 Å². The number of aromatic nitrogens is 4. The van der Waals surface area contributed by atoms with Crippen LogP contribution in [0.25, 0.3) is 11.2 Å². The van der Waals surface area contributed by atoms with E-state index >= 15 is 0 Å². The first kappa shape index (κ1) is 11.1. The van der Waals surface area contributed by atoms with Gasteiger partial charge in [-0.2, -0.15) is 4.98 Å². The van der Waals surface area contributed by atoms with E-state index in [1.165, 1.54) is 13.3 Å². The summed E-state index contributed by atoms with van der Waals surface area (Å²) in [6.45, 7) is 0. The van der Waals surface area contributed by atoms with Crippen LogP contribution in [0.3, 0.4) is 0 Å². The van der Waals surface area contributed by atoms with Gasteiger partial charge < -0.3 is 4.74 Å². The lowest BCUT2D eigenvalue weighted by Crippen LogP contribution is -2.24. The lowest BCUT2D eigenvalue weighted by Gasteiger charge is -2.15. The molecule has 0 radical (unpaired) electrons. The van der Waals surface area contributed by atoms with Gasteiger partial charge in [-0.05, 0) is 12.8 Å². The predicted molar refractivity (Wildman–Crippen MR) is 65.7 cm³/mol. The van der Waals surface area contributed by atoms with Crippen molar-refractivity contribution in [2.75, 3.05) is 7.11 Å². The Balaban J connectivity index is 2.25. The SMILES string of the molecule is COc1ncc2ncc(=O)n(C3CCCC3)c2n1. The normalized spacial score (nSPS) is 16.3. The van der Waals surface area contributed by atoms with E-state index in [-0.39, 0.29) is 17.6 Å². The second kappa shape index (κ2) is 4.36. The molecule has 1 aliphatic rings. The quantitative estimate of drug-likeness (QED) is 0.799. The first-order valence-corrected chi connectivity index (χ1v) is 6.08. The summed E-state index contributed by atoms with van der Waals surface area (Å²) >= 11 is 0. The van der Waals surface area contributed by atoms with Crippen molar-refractivity contribution in [1.29, 1.82) is 0 Å². The third-order valence-corrected chi connectivity index (χ3v) is 3.38. The minimum Gasteiger partial charge on any atom is -0.467 e. The van der Waals surface area contributed by atoms with Crippen LogP contribution in [-0.4, -0.2) is 26.6 Å². The summed E-state index contributed by atoms with van der Waals surface area (Å²) < 4.78 is 6.75. The maximum absolute atomic E-state index is 12.0. The molecule has 18 heavy (non-hydrogen) atoms. The van der Waals surface area contributed by atoms with Crippen LogP contribution in [0.2, 0.25) is 0 Å². The molecule has 1 saturated carbocycles. The number of hydrogen-bond acceptors (Lipinski definition) is 5. The minimum absolute atomic E-state index is 0.102. The topological polar surface area (TPSA) is 69.9 Å². The van der Waals surface area contributed by atoms with E-state index in [0.29, 0.717) is 11.2 Å². The number of fused-ring (bicyclic) bond motifs is 1. The number of methoxy groups -OCH3 is 1. The highest BCUT2D eigenvalue weighted by molar-refractivity contribution is 5.69. The van der Waals surface area contributed by atoms with Crippen molar-refractivity contribution >= 4 is 11.2 Å². The van der Waals surface area contributed by atoms with E-state index in [0.717, 1.165) is 25.7 Å². The number of nitrogens with zero attached hydrogens (tertiary/aromatic N) is 4. The van der Waals surface area contributed by atoms with E-state index in [1.807, 2.05) is 0 Å². The smallest absolute Gasteiger partial charge is 0.318 e. The molecular weight excluding hydrogens is 232 g/mol. The highest BCUT2D eigenvalue weighted by Crippen LogP contribution is 2.29. The van der Waals surface area contributed by atoms with Crippen LogP contribution in [0.5, 0.6) is 6.01 Å². The Labute approximate surface area is 104 Å². The summed E-state index contributed by atoms with van der Waals surface area (Å²) in [5.74, 6) is 0. The molecule has 6 heteroatoms. The Bertz CT molecular complexity index is 632. The molecular formula is C12H14N4O2. The molecule has 0 aromatic carbocycles. The van der Waals surface area contributed by atoms with Crippen molar-refractivity contribution < 1.29 is 4.74 Å². The van der Waals surface area contributed by atoms with Gasteiger partial charge >= 0.3 is 6.01 Å². The average Bonchev–Trinajstić information content (AvgIpc) is 2.91. The molecule has 2 heterocycles. The zero-order chi connectivity index (χ0) is 12.5. The molecule has 1 aliphatic carbocycles. The fourth-order valence-corrected chi connectivity index (χ4v) is 2.52. The van der Waals surface area contributed by atoms with Gasteiger partial charge in [0.2, 0.25) is 0 Å². The molecule has 1 fully saturated rings. The molecule has 0 atom stereocenters. The van der Waals surface area contributed by atoms with E-state index in [4.69, 9.17) is 4.74 Å². The van der Waals surface area contributed by atoms with Crippen molar-refractivity contribution in [3.63, 3.8) is 0 Å². The van der Waals surface area contributed by atoms with Gasteiger partial charge in [0, 0.05) is 6.04 Å². The highest BCUT2D eigenvalue weighted by Gasteiger charge is 2.21. The molecule has 94 valence electrons. The van der Waals surface area contributed by atoms with E-state index in [2.05, 4.69) is 15.0 Å². The van der Waals surface area contributed by atoms with Crippen LogP contribution in [0.1, 0.15) is 31.7 Å². The molecule has 6 nitrogen and oxygen atoms in total.